The molecule has 0 amide bonds. The lowest BCUT2D eigenvalue weighted by Gasteiger charge is -2.18. The molecule has 0 aliphatic rings. The van der Waals surface area contributed by atoms with Crippen molar-refractivity contribution in [3.05, 3.63) is 48.6 Å². The van der Waals surface area contributed by atoms with Crippen molar-refractivity contribution in [2.24, 2.45) is 0 Å². The normalized spacial score (nSPS) is 12.3. The number of allylic oxidation sites excluding steroid dienone is 8. The van der Waals surface area contributed by atoms with Crippen molar-refractivity contribution < 1.29 is 28.6 Å². The number of esters is 3. The summed E-state index contributed by atoms with van der Waals surface area (Å²) < 4.78 is 16.9. The monoisotopic (exact) mass is 967 g/mol. The average Bonchev–Trinajstić information content (AvgIpc) is 3.35. The molecule has 0 aromatic carbocycles. The van der Waals surface area contributed by atoms with Gasteiger partial charge in [-0.3, -0.25) is 14.4 Å². The van der Waals surface area contributed by atoms with Gasteiger partial charge in [0.05, 0.1) is 0 Å². The van der Waals surface area contributed by atoms with Gasteiger partial charge in [-0.2, -0.15) is 0 Å². The number of hydrogen-bond donors (Lipinski definition) is 0. The Morgan fingerprint density at radius 2 is 0.565 bits per heavy atom. The second-order valence-electron chi connectivity index (χ2n) is 20.2. The molecule has 0 saturated heterocycles. The number of hydrogen-bond acceptors (Lipinski definition) is 6. The van der Waals surface area contributed by atoms with Crippen LogP contribution in [-0.2, 0) is 28.6 Å². The smallest absolute Gasteiger partial charge is 0.306 e. The van der Waals surface area contributed by atoms with Crippen LogP contribution in [0.2, 0.25) is 0 Å². The van der Waals surface area contributed by atoms with Crippen molar-refractivity contribution in [2.75, 3.05) is 13.2 Å². The number of rotatable bonds is 55. The van der Waals surface area contributed by atoms with Gasteiger partial charge in [-0.05, 0) is 57.8 Å². The minimum Gasteiger partial charge on any atom is -0.462 e. The van der Waals surface area contributed by atoms with Crippen molar-refractivity contribution in [1.82, 2.24) is 0 Å². The second kappa shape index (κ2) is 57.9. The molecular formula is C63H114O6. The van der Waals surface area contributed by atoms with E-state index in [1.54, 1.807) is 0 Å². The van der Waals surface area contributed by atoms with E-state index in [1.807, 2.05) is 0 Å². The van der Waals surface area contributed by atoms with Crippen LogP contribution in [0.4, 0.5) is 0 Å². The van der Waals surface area contributed by atoms with Gasteiger partial charge in [-0.1, -0.05) is 288 Å². The molecule has 0 heterocycles. The molecule has 1 atom stereocenters. The van der Waals surface area contributed by atoms with E-state index < -0.39 is 6.10 Å². The van der Waals surface area contributed by atoms with Gasteiger partial charge in [0.15, 0.2) is 6.10 Å². The summed E-state index contributed by atoms with van der Waals surface area (Å²) in [4.78, 5) is 38.1. The third kappa shape index (κ3) is 56.2. The average molecular weight is 968 g/mol. The first kappa shape index (κ1) is 66.4. The van der Waals surface area contributed by atoms with Crippen molar-refractivity contribution in [3.8, 4) is 0 Å². The van der Waals surface area contributed by atoms with Crippen molar-refractivity contribution in [2.45, 2.75) is 322 Å². The van der Waals surface area contributed by atoms with Gasteiger partial charge in [0, 0.05) is 19.3 Å². The lowest BCUT2D eigenvalue weighted by atomic mass is 10.0. The third-order valence-corrected chi connectivity index (χ3v) is 13.3. The summed E-state index contributed by atoms with van der Waals surface area (Å²) in [5, 5.41) is 0. The van der Waals surface area contributed by atoms with Crippen LogP contribution in [0.25, 0.3) is 0 Å². The highest BCUT2D eigenvalue weighted by molar-refractivity contribution is 5.71. The minimum absolute atomic E-state index is 0.0676. The Morgan fingerprint density at radius 1 is 0.304 bits per heavy atom. The quantitative estimate of drug-likeness (QED) is 0.0262. The fourth-order valence-electron chi connectivity index (χ4n) is 8.85. The van der Waals surface area contributed by atoms with Crippen LogP contribution in [-0.4, -0.2) is 37.2 Å². The van der Waals surface area contributed by atoms with Crippen molar-refractivity contribution in [1.29, 1.82) is 0 Å². The van der Waals surface area contributed by atoms with E-state index >= 15 is 0 Å². The number of unbranched alkanes of at least 4 members (excludes halogenated alkanes) is 36. The van der Waals surface area contributed by atoms with Gasteiger partial charge in [-0.15, -0.1) is 0 Å². The molecule has 0 saturated carbocycles. The van der Waals surface area contributed by atoms with Gasteiger partial charge in [0.2, 0.25) is 0 Å². The van der Waals surface area contributed by atoms with Crippen LogP contribution in [0, 0.1) is 0 Å². The van der Waals surface area contributed by atoms with Crippen LogP contribution in [0.5, 0.6) is 0 Å². The Morgan fingerprint density at radius 3 is 0.884 bits per heavy atom. The molecule has 0 aromatic heterocycles. The third-order valence-electron chi connectivity index (χ3n) is 13.3. The first-order valence-electron chi connectivity index (χ1n) is 30.1. The molecular weight excluding hydrogens is 853 g/mol. The summed E-state index contributed by atoms with van der Waals surface area (Å²) in [6, 6.07) is 0. The topological polar surface area (TPSA) is 78.9 Å². The van der Waals surface area contributed by atoms with Crippen LogP contribution in [0.3, 0.4) is 0 Å². The van der Waals surface area contributed by atoms with Crippen molar-refractivity contribution in [3.63, 3.8) is 0 Å². The minimum atomic E-state index is -0.767. The molecule has 0 N–H and O–H groups in total. The Hall–Kier alpha value is -2.63. The summed E-state index contributed by atoms with van der Waals surface area (Å²) in [6.07, 6.45) is 71.2. The standard InChI is InChI=1S/C63H114O6/c1-4-7-10-13-16-19-21-23-25-26-27-28-29-30-31-32-33-34-35-36-38-39-41-44-47-50-53-56-62(65)68-59-60(58-67-61(64)55-52-49-46-43-18-15-12-9-6-3)69-63(66)57-54-51-48-45-42-40-37-24-22-20-17-14-11-8-5-2/h7,10,16,19,23,25,27-28,60H,4-6,8-9,11-15,17-18,20-22,24,26,29-59H2,1-3H3/b10-7-,19-16-,25-23-,28-27-. The summed E-state index contributed by atoms with van der Waals surface area (Å²) in [7, 11) is 0. The van der Waals surface area contributed by atoms with E-state index in [0.717, 1.165) is 83.5 Å². The van der Waals surface area contributed by atoms with Gasteiger partial charge in [0.1, 0.15) is 13.2 Å². The molecule has 0 fully saturated rings. The van der Waals surface area contributed by atoms with Gasteiger partial charge in [0.25, 0.3) is 0 Å². The Balaban J connectivity index is 4.13. The maximum atomic E-state index is 12.8. The molecule has 6 nitrogen and oxygen atoms in total. The molecule has 1 unspecified atom stereocenters. The van der Waals surface area contributed by atoms with E-state index in [9.17, 15) is 14.4 Å². The predicted octanol–water partition coefficient (Wildman–Crippen LogP) is 20.2. The summed E-state index contributed by atoms with van der Waals surface area (Å²) in [5.74, 6) is -0.853. The zero-order valence-electron chi connectivity index (χ0n) is 46.1. The molecule has 0 aliphatic heterocycles. The number of carbonyl (C=O) groups is 3. The van der Waals surface area contributed by atoms with E-state index in [4.69, 9.17) is 14.2 Å². The molecule has 6 heteroatoms. The molecule has 69 heavy (non-hydrogen) atoms. The Bertz CT molecular complexity index is 1200. The van der Waals surface area contributed by atoms with Crippen LogP contribution in [0.15, 0.2) is 48.6 Å². The molecule has 0 radical (unpaired) electrons. The summed E-state index contributed by atoms with van der Waals surface area (Å²) in [5.41, 5.74) is 0. The van der Waals surface area contributed by atoms with E-state index in [-0.39, 0.29) is 31.1 Å². The van der Waals surface area contributed by atoms with E-state index in [0.29, 0.717) is 19.3 Å². The molecule has 0 bridgehead atoms. The highest BCUT2D eigenvalue weighted by atomic mass is 16.6. The van der Waals surface area contributed by atoms with Crippen LogP contribution < -0.4 is 0 Å². The predicted molar refractivity (Wildman–Crippen MR) is 298 cm³/mol. The summed E-state index contributed by atoms with van der Waals surface area (Å²) in [6.45, 7) is 6.55. The first-order valence-corrected chi connectivity index (χ1v) is 30.1. The SMILES string of the molecule is CC/C=C\C/C=C\C/C=C\C/C=C\CCCCCCCCCCCCCCCCC(=O)OCC(COC(=O)CCCCCCCCCCC)OC(=O)CCCCCCCCCCCCCCCCC. The van der Waals surface area contributed by atoms with Gasteiger partial charge < -0.3 is 14.2 Å². The molecule has 402 valence electrons. The van der Waals surface area contributed by atoms with Gasteiger partial charge >= 0.3 is 17.9 Å². The lowest BCUT2D eigenvalue weighted by Crippen LogP contribution is -2.30. The zero-order chi connectivity index (χ0) is 50.0. The van der Waals surface area contributed by atoms with Crippen molar-refractivity contribution >= 4 is 17.9 Å². The largest absolute Gasteiger partial charge is 0.462 e. The molecule has 0 aliphatic carbocycles. The van der Waals surface area contributed by atoms with Gasteiger partial charge in [-0.25, -0.2) is 0 Å². The zero-order valence-corrected chi connectivity index (χ0v) is 46.1. The first-order chi connectivity index (χ1) is 34.0. The fourth-order valence-corrected chi connectivity index (χ4v) is 8.85. The highest BCUT2D eigenvalue weighted by Crippen LogP contribution is 2.17. The fraction of sp³-hybridized carbons (Fsp3) is 0.825. The highest BCUT2D eigenvalue weighted by Gasteiger charge is 2.19. The summed E-state index contributed by atoms with van der Waals surface area (Å²) >= 11 is 0. The van der Waals surface area contributed by atoms with Crippen LogP contribution in [0.1, 0.15) is 316 Å². The molecule has 0 aromatic rings. The number of ether oxygens (including phenoxy) is 3. The number of carbonyl (C=O) groups excluding carboxylic acids is 3. The van der Waals surface area contributed by atoms with E-state index in [2.05, 4.69) is 69.4 Å². The maximum Gasteiger partial charge on any atom is 0.306 e. The Labute approximate surface area is 428 Å². The molecule has 0 rings (SSSR count). The second-order valence-corrected chi connectivity index (χ2v) is 20.2. The maximum absolute atomic E-state index is 12.8. The Kier molecular flexibility index (Phi) is 55.7. The molecule has 0 spiro atoms. The lowest BCUT2D eigenvalue weighted by molar-refractivity contribution is -0.167. The van der Waals surface area contributed by atoms with E-state index in [1.165, 1.54) is 193 Å². The van der Waals surface area contributed by atoms with Crippen LogP contribution >= 0.6 is 0 Å².